The van der Waals surface area contributed by atoms with Crippen molar-refractivity contribution in [3.8, 4) is 0 Å². The summed E-state index contributed by atoms with van der Waals surface area (Å²) in [7, 11) is 1.86. The first kappa shape index (κ1) is 13.5. The van der Waals surface area contributed by atoms with Gasteiger partial charge in [-0.3, -0.25) is 4.79 Å². The molecule has 0 aliphatic carbocycles. The van der Waals surface area contributed by atoms with Gasteiger partial charge in [-0.15, -0.1) is 0 Å². The van der Waals surface area contributed by atoms with Gasteiger partial charge < -0.3 is 15.3 Å². The van der Waals surface area contributed by atoms with Crippen LogP contribution in [0.5, 0.6) is 0 Å². The fourth-order valence-electron chi connectivity index (χ4n) is 2.33. The lowest BCUT2D eigenvalue weighted by Gasteiger charge is -2.31. The van der Waals surface area contributed by atoms with Gasteiger partial charge in [0, 0.05) is 19.0 Å². The highest BCUT2D eigenvalue weighted by atomic mass is 16.3. The maximum atomic E-state index is 12.2. The number of likely N-dealkylation sites (tertiary alicyclic amines) is 1. The number of hydrogen-bond acceptors (Lipinski definition) is 3. The Hall–Kier alpha value is -0.610. The van der Waals surface area contributed by atoms with Crippen LogP contribution in [0.25, 0.3) is 0 Å². The summed E-state index contributed by atoms with van der Waals surface area (Å²) in [6, 6.07) is 0.0364. The second-order valence-corrected chi connectivity index (χ2v) is 4.68. The molecular formula is C12H24N2O2. The van der Waals surface area contributed by atoms with Gasteiger partial charge in [0.05, 0.1) is 12.6 Å². The van der Waals surface area contributed by atoms with Gasteiger partial charge in [-0.2, -0.15) is 0 Å². The van der Waals surface area contributed by atoms with Crippen LogP contribution in [0, 0.1) is 5.92 Å². The normalized spacial score (nSPS) is 23.9. The third-order valence-corrected chi connectivity index (χ3v) is 3.30. The van der Waals surface area contributed by atoms with Crippen LogP contribution >= 0.6 is 0 Å². The van der Waals surface area contributed by atoms with Crippen molar-refractivity contribution in [2.24, 2.45) is 5.92 Å². The monoisotopic (exact) mass is 228 g/mol. The van der Waals surface area contributed by atoms with Crippen molar-refractivity contribution in [3.63, 3.8) is 0 Å². The molecule has 1 rings (SSSR count). The van der Waals surface area contributed by atoms with E-state index in [2.05, 4.69) is 5.32 Å². The number of hydrogen-bond donors (Lipinski definition) is 2. The third-order valence-electron chi connectivity index (χ3n) is 3.30. The Morgan fingerprint density at radius 2 is 2.25 bits per heavy atom. The first-order valence-electron chi connectivity index (χ1n) is 6.26. The molecule has 94 valence electrons. The van der Waals surface area contributed by atoms with Crippen LogP contribution in [-0.4, -0.2) is 48.7 Å². The molecule has 1 fully saturated rings. The molecule has 2 N–H and O–H groups in total. The molecule has 0 radical (unpaired) electrons. The molecule has 4 nitrogen and oxygen atoms in total. The number of rotatable bonds is 4. The van der Waals surface area contributed by atoms with E-state index in [0.29, 0.717) is 6.54 Å². The summed E-state index contributed by atoms with van der Waals surface area (Å²) >= 11 is 0. The summed E-state index contributed by atoms with van der Waals surface area (Å²) in [5.74, 6) is 0.174. The summed E-state index contributed by atoms with van der Waals surface area (Å²) in [6.45, 7) is 3.54. The predicted octanol–water partition coefficient (Wildman–Crippen LogP) is 0.605. The van der Waals surface area contributed by atoms with E-state index in [0.717, 1.165) is 25.8 Å². The van der Waals surface area contributed by atoms with E-state index >= 15 is 0 Å². The minimum Gasteiger partial charge on any atom is -0.394 e. The Morgan fingerprint density at radius 1 is 1.50 bits per heavy atom. The molecular weight excluding hydrogens is 204 g/mol. The molecule has 4 heteroatoms. The molecule has 16 heavy (non-hydrogen) atoms. The van der Waals surface area contributed by atoms with Gasteiger partial charge in [-0.05, 0) is 19.9 Å². The van der Waals surface area contributed by atoms with Crippen molar-refractivity contribution < 1.29 is 9.90 Å². The molecule has 1 aliphatic rings. The SMILES string of the molecule is CNCC(C)C(=O)N1CCCCCC1CO. The van der Waals surface area contributed by atoms with Crippen molar-refractivity contribution in [1.82, 2.24) is 10.2 Å². The fraction of sp³-hybridized carbons (Fsp3) is 0.917. The molecule has 0 aromatic rings. The van der Waals surface area contributed by atoms with Gasteiger partial charge in [-0.1, -0.05) is 19.8 Å². The minimum atomic E-state index is -0.00264. The Balaban J connectivity index is 2.62. The van der Waals surface area contributed by atoms with Crippen LogP contribution in [0.4, 0.5) is 0 Å². The molecule has 2 atom stereocenters. The molecule has 0 bridgehead atoms. The first-order chi connectivity index (χ1) is 7.70. The van der Waals surface area contributed by atoms with Gasteiger partial charge in [0.25, 0.3) is 0 Å². The van der Waals surface area contributed by atoms with E-state index in [4.69, 9.17) is 0 Å². The lowest BCUT2D eigenvalue weighted by atomic mass is 10.1. The molecule has 1 heterocycles. The summed E-state index contributed by atoms with van der Waals surface area (Å²) in [5.41, 5.74) is 0. The van der Waals surface area contributed by atoms with Crippen molar-refractivity contribution in [3.05, 3.63) is 0 Å². The van der Waals surface area contributed by atoms with Gasteiger partial charge in [0.1, 0.15) is 0 Å². The van der Waals surface area contributed by atoms with E-state index in [9.17, 15) is 9.90 Å². The summed E-state index contributed by atoms with van der Waals surface area (Å²) < 4.78 is 0. The van der Waals surface area contributed by atoms with Gasteiger partial charge in [0.15, 0.2) is 0 Å². The van der Waals surface area contributed by atoms with Crippen LogP contribution in [0.2, 0.25) is 0 Å². The molecule has 0 saturated carbocycles. The topological polar surface area (TPSA) is 52.6 Å². The lowest BCUT2D eigenvalue weighted by Crippen LogP contribution is -2.46. The second-order valence-electron chi connectivity index (χ2n) is 4.68. The Labute approximate surface area is 98.0 Å². The summed E-state index contributed by atoms with van der Waals surface area (Å²) in [4.78, 5) is 14.1. The first-order valence-corrected chi connectivity index (χ1v) is 6.26. The maximum absolute atomic E-state index is 12.2. The number of carbonyl (C=O) groups is 1. The predicted molar refractivity (Wildman–Crippen MR) is 64.1 cm³/mol. The zero-order valence-electron chi connectivity index (χ0n) is 10.4. The van der Waals surface area contributed by atoms with E-state index in [1.54, 1.807) is 0 Å². The largest absolute Gasteiger partial charge is 0.394 e. The Bertz CT molecular complexity index is 221. The van der Waals surface area contributed by atoms with Crippen LogP contribution < -0.4 is 5.32 Å². The minimum absolute atomic E-state index is 0.00264. The second kappa shape index (κ2) is 6.86. The van der Waals surface area contributed by atoms with Crippen molar-refractivity contribution in [2.45, 2.75) is 38.6 Å². The average Bonchev–Trinajstić information content (AvgIpc) is 2.53. The number of carbonyl (C=O) groups excluding carboxylic acids is 1. The van der Waals surface area contributed by atoms with E-state index in [1.807, 2.05) is 18.9 Å². The lowest BCUT2D eigenvalue weighted by molar-refractivity contribution is -0.138. The number of aliphatic hydroxyl groups excluding tert-OH is 1. The van der Waals surface area contributed by atoms with Gasteiger partial charge >= 0.3 is 0 Å². The van der Waals surface area contributed by atoms with Gasteiger partial charge in [-0.25, -0.2) is 0 Å². The third kappa shape index (κ3) is 3.46. The van der Waals surface area contributed by atoms with Crippen molar-refractivity contribution in [1.29, 1.82) is 0 Å². The number of nitrogens with one attached hydrogen (secondary N) is 1. The molecule has 0 spiro atoms. The zero-order valence-corrected chi connectivity index (χ0v) is 10.4. The van der Waals surface area contributed by atoms with Crippen molar-refractivity contribution >= 4 is 5.91 Å². The molecule has 0 aromatic heterocycles. The maximum Gasteiger partial charge on any atom is 0.227 e. The fourth-order valence-corrected chi connectivity index (χ4v) is 2.33. The molecule has 1 aliphatic heterocycles. The molecule has 1 amide bonds. The number of amides is 1. The highest BCUT2D eigenvalue weighted by Crippen LogP contribution is 2.18. The quantitative estimate of drug-likeness (QED) is 0.741. The number of nitrogens with zero attached hydrogens (tertiary/aromatic N) is 1. The standard InChI is InChI=1S/C12H24N2O2/c1-10(8-13-2)12(16)14-7-5-3-4-6-11(14)9-15/h10-11,13,15H,3-9H2,1-2H3. The summed E-state index contributed by atoms with van der Waals surface area (Å²) in [5, 5.41) is 12.4. The Morgan fingerprint density at radius 3 is 2.88 bits per heavy atom. The van der Waals surface area contributed by atoms with Crippen molar-refractivity contribution in [2.75, 3.05) is 26.7 Å². The van der Waals surface area contributed by atoms with Crippen LogP contribution in [0.1, 0.15) is 32.6 Å². The van der Waals surface area contributed by atoms with Crippen LogP contribution in [0.3, 0.4) is 0 Å². The average molecular weight is 228 g/mol. The number of aliphatic hydroxyl groups is 1. The molecule has 1 saturated heterocycles. The zero-order chi connectivity index (χ0) is 12.0. The van der Waals surface area contributed by atoms with Crippen LogP contribution in [0.15, 0.2) is 0 Å². The van der Waals surface area contributed by atoms with Gasteiger partial charge in [0.2, 0.25) is 5.91 Å². The highest BCUT2D eigenvalue weighted by Gasteiger charge is 2.27. The van der Waals surface area contributed by atoms with E-state index < -0.39 is 0 Å². The van der Waals surface area contributed by atoms with E-state index in [-0.39, 0.29) is 24.5 Å². The van der Waals surface area contributed by atoms with E-state index in [1.165, 1.54) is 6.42 Å². The highest BCUT2D eigenvalue weighted by molar-refractivity contribution is 5.79. The molecule has 2 unspecified atom stereocenters. The Kier molecular flexibility index (Phi) is 5.77. The summed E-state index contributed by atoms with van der Waals surface area (Å²) in [6.07, 6.45) is 4.29. The smallest absolute Gasteiger partial charge is 0.227 e. The molecule has 0 aromatic carbocycles. The van der Waals surface area contributed by atoms with Crippen LogP contribution in [-0.2, 0) is 4.79 Å².